The molecule has 4 heteroatoms. The standard InChI is InChI=1S/C13H19N3S/c1-9-4-3-7-16(8-9)13-11(12(14)17)6-5-10(2)15-13/h5-6,9H,3-4,7-8H2,1-2H3,(H2,14,17). The molecule has 1 aromatic rings. The highest BCUT2D eigenvalue weighted by Crippen LogP contribution is 2.24. The molecular formula is C13H19N3S. The van der Waals surface area contributed by atoms with Crippen molar-refractivity contribution in [1.29, 1.82) is 0 Å². The van der Waals surface area contributed by atoms with E-state index < -0.39 is 0 Å². The molecule has 0 saturated carbocycles. The summed E-state index contributed by atoms with van der Waals surface area (Å²) in [6.45, 7) is 6.38. The lowest BCUT2D eigenvalue weighted by molar-refractivity contribution is 0.444. The fourth-order valence-electron chi connectivity index (χ4n) is 2.36. The lowest BCUT2D eigenvalue weighted by Crippen LogP contribution is -2.36. The first-order valence-electron chi connectivity index (χ1n) is 6.10. The smallest absolute Gasteiger partial charge is 0.139 e. The average Bonchev–Trinajstić information content (AvgIpc) is 2.28. The second-order valence-electron chi connectivity index (χ2n) is 4.88. The Kier molecular flexibility index (Phi) is 3.62. The lowest BCUT2D eigenvalue weighted by Gasteiger charge is -2.33. The van der Waals surface area contributed by atoms with Crippen LogP contribution >= 0.6 is 12.2 Å². The second-order valence-corrected chi connectivity index (χ2v) is 5.32. The minimum Gasteiger partial charge on any atom is -0.389 e. The second kappa shape index (κ2) is 5.00. The van der Waals surface area contributed by atoms with Crippen LogP contribution in [0, 0.1) is 12.8 Å². The molecule has 0 spiro atoms. The summed E-state index contributed by atoms with van der Waals surface area (Å²) >= 11 is 5.10. The predicted octanol–water partition coefficient (Wildman–Crippen LogP) is 2.26. The van der Waals surface area contributed by atoms with Crippen LogP contribution in [0.1, 0.15) is 31.0 Å². The van der Waals surface area contributed by atoms with Gasteiger partial charge in [0.1, 0.15) is 10.8 Å². The number of rotatable bonds is 2. The van der Waals surface area contributed by atoms with Gasteiger partial charge < -0.3 is 10.6 Å². The van der Waals surface area contributed by atoms with Crippen molar-refractivity contribution in [2.75, 3.05) is 18.0 Å². The predicted molar refractivity (Wildman–Crippen MR) is 75.5 cm³/mol. The monoisotopic (exact) mass is 249 g/mol. The molecule has 1 saturated heterocycles. The molecule has 1 unspecified atom stereocenters. The van der Waals surface area contributed by atoms with Crippen molar-refractivity contribution < 1.29 is 0 Å². The molecule has 1 atom stereocenters. The number of aromatic nitrogens is 1. The third-order valence-electron chi connectivity index (χ3n) is 3.24. The maximum atomic E-state index is 5.77. The van der Waals surface area contributed by atoms with Crippen LogP contribution in [0.25, 0.3) is 0 Å². The molecule has 0 bridgehead atoms. The highest BCUT2D eigenvalue weighted by atomic mass is 32.1. The van der Waals surface area contributed by atoms with Gasteiger partial charge >= 0.3 is 0 Å². The van der Waals surface area contributed by atoms with Gasteiger partial charge in [-0.25, -0.2) is 4.98 Å². The van der Waals surface area contributed by atoms with Crippen LogP contribution in [0.4, 0.5) is 5.82 Å². The van der Waals surface area contributed by atoms with Gasteiger partial charge in [0.25, 0.3) is 0 Å². The summed E-state index contributed by atoms with van der Waals surface area (Å²) in [5.41, 5.74) is 7.69. The summed E-state index contributed by atoms with van der Waals surface area (Å²) < 4.78 is 0. The Hall–Kier alpha value is -1.16. The zero-order valence-electron chi connectivity index (χ0n) is 10.4. The van der Waals surface area contributed by atoms with Gasteiger partial charge in [0.05, 0.1) is 5.56 Å². The van der Waals surface area contributed by atoms with E-state index in [4.69, 9.17) is 18.0 Å². The molecule has 0 aromatic carbocycles. The molecule has 2 heterocycles. The molecule has 0 amide bonds. The number of nitrogens with zero attached hydrogens (tertiary/aromatic N) is 2. The molecule has 1 aliphatic rings. The summed E-state index contributed by atoms with van der Waals surface area (Å²) in [5.74, 6) is 1.68. The Morgan fingerprint density at radius 2 is 2.29 bits per heavy atom. The molecule has 2 rings (SSSR count). The van der Waals surface area contributed by atoms with Gasteiger partial charge in [0.2, 0.25) is 0 Å². The molecule has 92 valence electrons. The summed E-state index contributed by atoms with van der Waals surface area (Å²) in [4.78, 5) is 7.36. The first-order valence-corrected chi connectivity index (χ1v) is 6.51. The molecule has 1 fully saturated rings. The maximum Gasteiger partial charge on any atom is 0.139 e. The van der Waals surface area contributed by atoms with Gasteiger partial charge in [-0.05, 0) is 37.8 Å². The van der Waals surface area contributed by atoms with Gasteiger partial charge in [-0.15, -0.1) is 0 Å². The average molecular weight is 249 g/mol. The number of anilines is 1. The number of thiocarbonyl (C=S) groups is 1. The number of piperidine rings is 1. The van der Waals surface area contributed by atoms with E-state index in [1.165, 1.54) is 12.8 Å². The Labute approximate surface area is 108 Å². The Morgan fingerprint density at radius 1 is 1.53 bits per heavy atom. The lowest BCUT2D eigenvalue weighted by atomic mass is 10.00. The minimum atomic E-state index is 0.436. The zero-order chi connectivity index (χ0) is 12.4. The Balaban J connectivity index is 2.35. The van der Waals surface area contributed by atoms with Crippen LogP contribution in [0.5, 0.6) is 0 Å². The van der Waals surface area contributed by atoms with Crippen LogP contribution in [-0.4, -0.2) is 23.1 Å². The van der Waals surface area contributed by atoms with Crippen LogP contribution in [0.3, 0.4) is 0 Å². The molecule has 1 aromatic heterocycles. The van der Waals surface area contributed by atoms with Crippen molar-refractivity contribution in [3.63, 3.8) is 0 Å². The number of aryl methyl sites for hydroxylation is 1. The van der Waals surface area contributed by atoms with Crippen molar-refractivity contribution in [3.05, 3.63) is 23.4 Å². The minimum absolute atomic E-state index is 0.436. The summed E-state index contributed by atoms with van der Waals surface area (Å²) in [6.07, 6.45) is 2.51. The first-order chi connectivity index (χ1) is 8.08. The normalized spacial score (nSPS) is 20.4. The van der Waals surface area contributed by atoms with E-state index >= 15 is 0 Å². The molecule has 17 heavy (non-hydrogen) atoms. The van der Waals surface area contributed by atoms with Crippen LogP contribution in [0.15, 0.2) is 12.1 Å². The number of hydrogen-bond acceptors (Lipinski definition) is 3. The van der Waals surface area contributed by atoms with Gasteiger partial charge in [0.15, 0.2) is 0 Å². The Morgan fingerprint density at radius 3 is 2.94 bits per heavy atom. The fourth-order valence-corrected chi connectivity index (χ4v) is 2.52. The molecule has 0 radical (unpaired) electrons. The van der Waals surface area contributed by atoms with Crippen molar-refractivity contribution in [1.82, 2.24) is 4.98 Å². The molecule has 3 nitrogen and oxygen atoms in total. The van der Waals surface area contributed by atoms with Crippen molar-refractivity contribution in [2.45, 2.75) is 26.7 Å². The van der Waals surface area contributed by atoms with E-state index in [-0.39, 0.29) is 0 Å². The molecule has 1 aliphatic heterocycles. The van der Waals surface area contributed by atoms with Gasteiger partial charge in [-0.2, -0.15) is 0 Å². The number of pyridine rings is 1. The molecule has 0 aliphatic carbocycles. The fraction of sp³-hybridized carbons (Fsp3) is 0.538. The highest BCUT2D eigenvalue weighted by Gasteiger charge is 2.20. The third-order valence-corrected chi connectivity index (χ3v) is 3.46. The van der Waals surface area contributed by atoms with E-state index in [2.05, 4.69) is 16.8 Å². The van der Waals surface area contributed by atoms with E-state index in [9.17, 15) is 0 Å². The van der Waals surface area contributed by atoms with Gasteiger partial charge in [-0.1, -0.05) is 19.1 Å². The Bertz CT molecular complexity index is 431. The molecular weight excluding hydrogens is 230 g/mol. The summed E-state index contributed by atoms with van der Waals surface area (Å²) in [7, 11) is 0. The first kappa shape index (κ1) is 12.3. The number of nitrogens with two attached hydrogens (primary N) is 1. The van der Waals surface area contributed by atoms with Crippen molar-refractivity contribution in [3.8, 4) is 0 Å². The van der Waals surface area contributed by atoms with Gasteiger partial charge in [0, 0.05) is 18.8 Å². The van der Waals surface area contributed by atoms with Crippen LogP contribution < -0.4 is 10.6 Å². The number of hydrogen-bond donors (Lipinski definition) is 1. The van der Waals surface area contributed by atoms with Crippen LogP contribution in [-0.2, 0) is 0 Å². The van der Waals surface area contributed by atoms with Gasteiger partial charge in [-0.3, -0.25) is 0 Å². The third kappa shape index (κ3) is 2.75. The largest absolute Gasteiger partial charge is 0.389 e. The SMILES string of the molecule is Cc1ccc(C(N)=S)c(N2CCCC(C)C2)n1. The van der Waals surface area contributed by atoms with E-state index in [0.717, 1.165) is 30.2 Å². The summed E-state index contributed by atoms with van der Waals surface area (Å²) in [6, 6.07) is 3.95. The zero-order valence-corrected chi connectivity index (χ0v) is 11.3. The summed E-state index contributed by atoms with van der Waals surface area (Å²) in [5, 5.41) is 0. The van der Waals surface area contributed by atoms with E-state index in [1.807, 2.05) is 19.1 Å². The highest BCUT2D eigenvalue weighted by molar-refractivity contribution is 7.80. The topological polar surface area (TPSA) is 42.1 Å². The van der Waals surface area contributed by atoms with Crippen molar-refractivity contribution >= 4 is 23.0 Å². The van der Waals surface area contributed by atoms with E-state index in [1.54, 1.807) is 0 Å². The molecule has 2 N–H and O–H groups in total. The quantitative estimate of drug-likeness (QED) is 0.816. The maximum absolute atomic E-state index is 5.77. The van der Waals surface area contributed by atoms with E-state index in [0.29, 0.717) is 10.9 Å². The van der Waals surface area contributed by atoms with Crippen molar-refractivity contribution in [2.24, 2.45) is 11.7 Å². The van der Waals surface area contributed by atoms with Crippen LogP contribution in [0.2, 0.25) is 0 Å².